The molecule has 0 saturated heterocycles. The predicted octanol–water partition coefficient (Wildman–Crippen LogP) is 4.03. The van der Waals surface area contributed by atoms with Crippen LogP contribution < -0.4 is 16.0 Å². The highest BCUT2D eigenvalue weighted by Crippen LogP contribution is 2.34. The number of aromatic nitrogens is 2. The van der Waals surface area contributed by atoms with E-state index in [4.69, 9.17) is 23.2 Å². The van der Waals surface area contributed by atoms with E-state index in [1.807, 2.05) is 0 Å². The number of halogens is 5. The molecular weight excluding hydrogens is 444 g/mol. The minimum atomic E-state index is -4.62. The third-order valence-electron chi connectivity index (χ3n) is 3.70. The Morgan fingerprint density at radius 1 is 1.17 bits per heavy atom. The summed E-state index contributed by atoms with van der Waals surface area (Å²) in [5.41, 5.74) is -0.516. The minimum absolute atomic E-state index is 0.0387. The molecule has 0 unspecified atom stereocenters. The molecule has 2 aromatic rings. The van der Waals surface area contributed by atoms with Gasteiger partial charge in [-0.05, 0) is 38.7 Å². The molecule has 0 aliphatic rings. The Morgan fingerprint density at radius 2 is 1.90 bits per heavy atom. The highest BCUT2D eigenvalue weighted by molar-refractivity contribution is 6.42. The molecule has 0 saturated carbocycles. The molecule has 1 aromatic carbocycles. The SMILES string of the molecule is CN(C)CC(=O)NCCCNc1nc(Nc2ccc(Cl)c(Cl)c2)ncc1C(F)(F)F. The van der Waals surface area contributed by atoms with Crippen LogP contribution in [0, 0.1) is 0 Å². The van der Waals surface area contributed by atoms with Crippen LogP contribution in [0.25, 0.3) is 0 Å². The molecule has 1 heterocycles. The first kappa shape index (κ1) is 24.0. The predicted molar refractivity (Wildman–Crippen MR) is 111 cm³/mol. The third kappa shape index (κ3) is 7.51. The van der Waals surface area contributed by atoms with Gasteiger partial charge >= 0.3 is 6.18 Å². The number of nitrogens with one attached hydrogen (secondary N) is 3. The summed E-state index contributed by atoms with van der Waals surface area (Å²) in [5.74, 6) is -0.561. The van der Waals surface area contributed by atoms with E-state index in [0.717, 1.165) is 0 Å². The van der Waals surface area contributed by atoms with E-state index in [0.29, 0.717) is 29.9 Å². The highest BCUT2D eigenvalue weighted by atomic mass is 35.5. The number of carbonyl (C=O) groups is 1. The minimum Gasteiger partial charge on any atom is -0.369 e. The van der Waals surface area contributed by atoms with Crippen molar-refractivity contribution < 1.29 is 18.0 Å². The van der Waals surface area contributed by atoms with Gasteiger partial charge in [-0.15, -0.1) is 0 Å². The zero-order valence-electron chi connectivity index (χ0n) is 16.3. The van der Waals surface area contributed by atoms with Crippen LogP contribution in [0.2, 0.25) is 10.0 Å². The van der Waals surface area contributed by atoms with Crippen LogP contribution in [0.4, 0.5) is 30.6 Å². The normalized spacial score (nSPS) is 11.5. The van der Waals surface area contributed by atoms with E-state index in [-0.39, 0.29) is 35.8 Å². The lowest BCUT2D eigenvalue weighted by atomic mass is 10.3. The standard InChI is InChI=1S/C18H21Cl2F3N6O/c1-29(2)10-15(30)24-6-3-7-25-16-12(18(21,22)23)9-26-17(28-16)27-11-4-5-13(19)14(20)8-11/h4-5,8-9H,3,6-7,10H2,1-2H3,(H,24,30)(H2,25,26,27,28). The van der Waals surface area contributed by atoms with Crippen molar-refractivity contribution in [1.29, 1.82) is 0 Å². The Labute approximate surface area is 182 Å². The molecule has 0 radical (unpaired) electrons. The van der Waals surface area contributed by atoms with Crippen molar-refractivity contribution in [3.05, 3.63) is 40.0 Å². The van der Waals surface area contributed by atoms with Crippen molar-refractivity contribution in [3.63, 3.8) is 0 Å². The fourth-order valence-corrected chi connectivity index (χ4v) is 2.65. The molecule has 0 aliphatic heterocycles. The molecule has 12 heteroatoms. The summed E-state index contributed by atoms with van der Waals surface area (Å²) in [6, 6.07) is 4.65. The van der Waals surface area contributed by atoms with Gasteiger partial charge in [-0.2, -0.15) is 18.2 Å². The second kappa shape index (κ2) is 10.6. The van der Waals surface area contributed by atoms with Gasteiger partial charge in [0.15, 0.2) is 0 Å². The first-order valence-corrected chi connectivity index (χ1v) is 9.63. The second-order valence-corrected chi connectivity index (χ2v) is 7.39. The van der Waals surface area contributed by atoms with Gasteiger partial charge in [0.1, 0.15) is 11.4 Å². The van der Waals surface area contributed by atoms with E-state index in [1.54, 1.807) is 31.1 Å². The number of hydrogen-bond donors (Lipinski definition) is 3. The number of alkyl halides is 3. The second-order valence-electron chi connectivity index (χ2n) is 6.58. The van der Waals surface area contributed by atoms with E-state index in [1.165, 1.54) is 6.07 Å². The van der Waals surface area contributed by atoms with Crippen molar-refractivity contribution >= 4 is 46.6 Å². The van der Waals surface area contributed by atoms with Crippen LogP contribution >= 0.6 is 23.2 Å². The highest BCUT2D eigenvalue weighted by Gasteiger charge is 2.35. The average Bonchev–Trinajstić information content (AvgIpc) is 2.63. The molecule has 0 fully saturated rings. The topological polar surface area (TPSA) is 82.2 Å². The Hall–Kier alpha value is -2.30. The first-order chi connectivity index (χ1) is 14.1. The molecule has 30 heavy (non-hydrogen) atoms. The van der Waals surface area contributed by atoms with Crippen molar-refractivity contribution in [2.45, 2.75) is 12.6 Å². The quantitative estimate of drug-likeness (QED) is 0.486. The lowest BCUT2D eigenvalue weighted by Crippen LogP contribution is -2.34. The summed E-state index contributed by atoms with van der Waals surface area (Å²) >= 11 is 11.8. The smallest absolute Gasteiger partial charge is 0.369 e. The van der Waals surface area contributed by atoms with Crippen molar-refractivity contribution in [1.82, 2.24) is 20.2 Å². The summed E-state index contributed by atoms with van der Waals surface area (Å²) in [6.45, 7) is 0.732. The van der Waals surface area contributed by atoms with Crippen LogP contribution in [0.1, 0.15) is 12.0 Å². The van der Waals surface area contributed by atoms with Crippen molar-refractivity contribution in [2.24, 2.45) is 0 Å². The zero-order chi connectivity index (χ0) is 22.3. The monoisotopic (exact) mass is 464 g/mol. The van der Waals surface area contributed by atoms with Gasteiger partial charge in [-0.3, -0.25) is 4.79 Å². The number of nitrogens with zero attached hydrogens (tertiary/aromatic N) is 3. The van der Waals surface area contributed by atoms with Crippen LogP contribution in [-0.2, 0) is 11.0 Å². The maximum absolute atomic E-state index is 13.3. The van der Waals surface area contributed by atoms with Crippen molar-refractivity contribution in [3.8, 4) is 0 Å². The van der Waals surface area contributed by atoms with Crippen LogP contribution in [-0.4, -0.2) is 54.5 Å². The zero-order valence-corrected chi connectivity index (χ0v) is 17.8. The molecule has 3 N–H and O–H groups in total. The van der Waals surface area contributed by atoms with Crippen LogP contribution in [0.3, 0.4) is 0 Å². The van der Waals surface area contributed by atoms with E-state index < -0.39 is 11.7 Å². The maximum Gasteiger partial charge on any atom is 0.421 e. The maximum atomic E-state index is 13.3. The molecule has 2 rings (SSSR count). The van der Waals surface area contributed by atoms with E-state index in [9.17, 15) is 18.0 Å². The summed E-state index contributed by atoms with van der Waals surface area (Å²) < 4.78 is 39.8. The fourth-order valence-electron chi connectivity index (χ4n) is 2.35. The Balaban J connectivity index is 2.03. The number of carbonyl (C=O) groups excluding carboxylic acids is 1. The largest absolute Gasteiger partial charge is 0.421 e. The molecule has 164 valence electrons. The molecule has 0 atom stereocenters. The number of likely N-dealkylation sites (N-methyl/N-ethyl adjacent to an activating group) is 1. The van der Waals surface area contributed by atoms with Gasteiger partial charge in [0.25, 0.3) is 0 Å². The van der Waals surface area contributed by atoms with Gasteiger partial charge in [-0.25, -0.2) is 4.98 Å². The average molecular weight is 465 g/mol. The fraction of sp³-hybridized carbons (Fsp3) is 0.389. The molecule has 0 aliphatic carbocycles. The van der Waals surface area contributed by atoms with Gasteiger partial charge in [0, 0.05) is 25.0 Å². The number of amides is 1. The molecule has 1 aromatic heterocycles. The Kier molecular flexibility index (Phi) is 8.51. The lowest BCUT2D eigenvalue weighted by molar-refractivity contribution is -0.137. The van der Waals surface area contributed by atoms with Crippen LogP contribution in [0.15, 0.2) is 24.4 Å². The molecular formula is C18H21Cl2F3N6O. The van der Waals surface area contributed by atoms with Gasteiger partial charge in [0.05, 0.1) is 16.6 Å². The third-order valence-corrected chi connectivity index (χ3v) is 4.44. The summed E-state index contributed by atoms with van der Waals surface area (Å²) in [5, 5.41) is 8.76. The number of anilines is 3. The van der Waals surface area contributed by atoms with E-state index >= 15 is 0 Å². The van der Waals surface area contributed by atoms with Gasteiger partial charge in [0.2, 0.25) is 11.9 Å². The lowest BCUT2D eigenvalue weighted by Gasteiger charge is -2.15. The summed E-state index contributed by atoms with van der Waals surface area (Å²) in [6.07, 6.45) is -3.51. The van der Waals surface area contributed by atoms with Gasteiger partial charge in [-0.1, -0.05) is 23.2 Å². The Morgan fingerprint density at radius 3 is 2.53 bits per heavy atom. The molecule has 0 spiro atoms. The molecule has 0 bridgehead atoms. The summed E-state index contributed by atoms with van der Waals surface area (Å²) in [4.78, 5) is 20.9. The number of rotatable bonds is 9. The van der Waals surface area contributed by atoms with E-state index in [2.05, 4.69) is 25.9 Å². The number of hydrogen-bond acceptors (Lipinski definition) is 6. The van der Waals surface area contributed by atoms with Gasteiger partial charge < -0.3 is 20.9 Å². The first-order valence-electron chi connectivity index (χ1n) is 8.88. The van der Waals surface area contributed by atoms with Crippen molar-refractivity contribution in [2.75, 3.05) is 44.4 Å². The molecule has 7 nitrogen and oxygen atoms in total. The number of benzene rings is 1. The Bertz CT molecular complexity index is 879. The summed E-state index contributed by atoms with van der Waals surface area (Å²) in [7, 11) is 3.52. The molecule has 1 amide bonds. The van der Waals surface area contributed by atoms with Crippen LogP contribution in [0.5, 0.6) is 0 Å².